The molecule has 1 atom stereocenters. The summed E-state index contributed by atoms with van der Waals surface area (Å²) in [6.45, 7) is 1.99. The molecule has 0 aliphatic rings. The zero-order valence-electron chi connectivity index (χ0n) is 10.1. The number of nitrogens with zero attached hydrogens (tertiary/aromatic N) is 2. The Morgan fingerprint density at radius 1 is 1.37 bits per heavy atom. The van der Waals surface area contributed by atoms with Gasteiger partial charge in [0.25, 0.3) is 0 Å². The number of nitrogen functional groups attached to an aromatic ring is 1. The third kappa shape index (κ3) is 1.99. The number of hydrogen-bond donors (Lipinski definition) is 1. The van der Waals surface area contributed by atoms with Gasteiger partial charge in [0.1, 0.15) is 5.52 Å². The maximum atomic E-state index is 13.7. The molecule has 0 aliphatic carbocycles. The Morgan fingerprint density at radius 2 is 2.16 bits per heavy atom. The lowest BCUT2D eigenvalue weighted by molar-refractivity contribution is 0.637. The predicted molar refractivity (Wildman–Crippen MR) is 77.2 cm³/mol. The van der Waals surface area contributed by atoms with Crippen LogP contribution in [0.2, 0.25) is 4.34 Å². The van der Waals surface area contributed by atoms with E-state index in [0.717, 1.165) is 9.21 Å². The fraction of sp³-hybridized carbons (Fsp3) is 0.154. The highest BCUT2D eigenvalue weighted by atomic mass is 35.5. The molecule has 0 radical (unpaired) electrons. The second-order valence-corrected chi connectivity index (χ2v) is 6.01. The Labute approximate surface area is 118 Å². The highest BCUT2D eigenvalue weighted by Crippen LogP contribution is 2.33. The molecule has 0 saturated carbocycles. The average molecular weight is 296 g/mol. The summed E-state index contributed by atoms with van der Waals surface area (Å²) < 4.78 is 16.2. The Balaban J connectivity index is 2.19. The number of anilines is 1. The Hall–Kier alpha value is -1.59. The molecule has 6 heteroatoms. The van der Waals surface area contributed by atoms with E-state index in [4.69, 9.17) is 17.3 Å². The smallest absolute Gasteiger partial charge is 0.201 e. The van der Waals surface area contributed by atoms with Gasteiger partial charge in [0.2, 0.25) is 5.95 Å². The third-order valence-corrected chi connectivity index (χ3v) is 4.49. The van der Waals surface area contributed by atoms with Gasteiger partial charge in [0, 0.05) is 4.88 Å². The molecule has 2 aromatic heterocycles. The zero-order valence-corrected chi connectivity index (χ0v) is 11.7. The van der Waals surface area contributed by atoms with E-state index in [1.54, 1.807) is 6.07 Å². The maximum absolute atomic E-state index is 13.7. The molecule has 1 unspecified atom stereocenters. The van der Waals surface area contributed by atoms with E-state index in [0.29, 0.717) is 17.0 Å². The standard InChI is InChI=1S/C13H11ClFN3S/c1-7(10-5-6-11(14)19-10)18-9-4-2-3-8(15)12(9)17-13(18)16/h2-7H,1H3,(H2,16,17). The quantitative estimate of drug-likeness (QED) is 0.774. The molecule has 2 N–H and O–H groups in total. The number of rotatable bonds is 2. The Morgan fingerprint density at radius 3 is 2.84 bits per heavy atom. The van der Waals surface area contributed by atoms with Crippen LogP contribution in [0.5, 0.6) is 0 Å². The number of nitrogens with two attached hydrogens (primary N) is 1. The van der Waals surface area contributed by atoms with Crippen LogP contribution in [0, 0.1) is 5.82 Å². The van der Waals surface area contributed by atoms with Crippen LogP contribution in [0.15, 0.2) is 30.3 Å². The molecular weight excluding hydrogens is 285 g/mol. The maximum Gasteiger partial charge on any atom is 0.201 e. The number of aromatic nitrogens is 2. The van der Waals surface area contributed by atoms with Crippen molar-refractivity contribution in [2.24, 2.45) is 0 Å². The topological polar surface area (TPSA) is 43.8 Å². The molecule has 1 aromatic carbocycles. The Kier molecular flexibility index (Phi) is 2.95. The predicted octanol–water partition coefficient (Wildman–Crippen LogP) is 4.08. The number of para-hydroxylation sites is 1. The van der Waals surface area contributed by atoms with Crippen LogP contribution in [-0.2, 0) is 0 Å². The molecular formula is C13H11ClFN3S. The van der Waals surface area contributed by atoms with Gasteiger partial charge < -0.3 is 10.3 Å². The van der Waals surface area contributed by atoms with Crippen molar-refractivity contribution in [3.05, 3.63) is 45.4 Å². The number of hydrogen-bond acceptors (Lipinski definition) is 3. The summed E-state index contributed by atoms with van der Waals surface area (Å²) >= 11 is 7.43. The molecule has 0 spiro atoms. The van der Waals surface area contributed by atoms with Gasteiger partial charge >= 0.3 is 0 Å². The van der Waals surface area contributed by atoms with Crippen LogP contribution in [0.4, 0.5) is 10.3 Å². The second-order valence-electron chi connectivity index (χ2n) is 4.27. The van der Waals surface area contributed by atoms with Crippen molar-refractivity contribution in [1.29, 1.82) is 0 Å². The van der Waals surface area contributed by atoms with Crippen LogP contribution < -0.4 is 5.73 Å². The van der Waals surface area contributed by atoms with Crippen molar-refractivity contribution >= 4 is 39.9 Å². The molecule has 19 heavy (non-hydrogen) atoms. The van der Waals surface area contributed by atoms with Crippen molar-refractivity contribution in [2.75, 3.05) is 5.73 Å². The summed E-state index contributed by atoms with van der Waals surface area (Å²) in [6.07, 6.45) is 0. The van der Waals surface area contributed by atoms with Gasteiger partial charge in [0.05, 0.1) is 15.9 Å². The number of imidazole rings is 1. The molecule has 0 amide bonds. The van der Waals surface area contributed by atoms with Crippen LogP contribution in [0.25, 0.3) is 11.0 Å². The van der Waals surface area contributed by atoms with E-state index >= 15 is 0 Å². The first kappa shape index (κ1) is 12.4. The lowest BCUT2D eigenvalue weighted by Crippen LogP contribution is -2.08. The van der Waals surface area contributed by atoms with Crippen LogP contribution >= 0.6 is 22.9 Å². The summed E-state index contributed by atoms with van der Waals surface area (Å²) in [7, 11) is 0. The molecule has 0 fully saturated rings. The van der Waals surface area contributed by atoms with Crippen LogP contribution in [-0.4, -0.2) is 9.55 Å². The fourth-order valence-electron chi connectivity index (χ4n) is 2.19. The lowest BCUT2D eigenvalue weighted by atomic mass is 10.2. The zero-order chi connectivity index (χ0) is 13.6. The number of halogens is 2. The van der Waals surface area contributed by atoms with E-state index in [1.165, 1.54) is 17.4 Å². The van der Waals surface area contributed by atoms with E-state index in [2.05, 4.69) is 4.98 Å². The SMILES string of the molecule is CC(c1ccc(Cl)s1)n1c(N)nc2c(F)cccc21. The van der Waals surface area contributed by atoms with Gasteiger partial charge in [-0.05, 0) is 31.2 Å². The fourth-order valence-corrected chi connectivity index (χ4v) is 3.29. The highest BCUT2D eigenvalue weighted by Gasteiger charge is 2.18. The number of fused-ring (bicyclic) bond motifs is 1. The first-order valence-electron chi connectivity index (χ1n) is 5.75. The van der Waals surface area contributed by atoms with Crippen LogP contribution in [0.1, 0.15) is 17.8 Å². The minimum Gasteiger partial charge on any atom is -0.369 e. The summed E-state index contributed by atoms with van der Waals surface area (Å²) in [5, 5.41) is 0. The minimum absolute atomic E-state index is 0.0377. The van der Waals surface area contributed by atoms with Gasteiger partial charge in [-0.3, -0.25) is 0 Å². The van der Waals surface area contributed by atoms with Crippen molar-refractivity contribution in [2.45, 2.75) is 13.0 Å². The van der Waals surface area contributed by atoms with Crippen molar-refractivity contribution in [3.8, 4) is 0 Å². The minimum atomic E-state index is -0.362. The van der Waals surface area contributed by atoms with Gasteiger partial charge in [-0.15, -0.1) is 11.3 Å². The van der Waals surface area contributed by atoms with Gasteiger partial charge in [0.15, 0.2) is 5.82 Å². The van der Waals surface area contributed by atoms with Gasteiger partial charge in [-0.1, -0.05) is 17.7 Å². The van der Waals surface area contributed by atoms with E-state index in [1.807, 2.05) is 29.7 Å². The van der Waals surface area contributed by atoms with Crippen LogP contribution in [0.3, 0.4) is 0 Å². The summed E-state index contributed by atoms with van der Waals surface area (Å²) in [5.74, 6) is -0.0588. The average Bonchev–Trinajstić information content (AvgIpc) is 2.93. The van der Waals surface area contributed by atoms with Gasteiger partial charge in [-0.2, -0.15) is 0 Å². The number of benzene rings is 1. The monoisotopic (exact) mass is 295 g/mol. The van der Waals surface area contributed by atoms with Crippen molar-refractivity contribution in [1.82, 2.24) is 9.55 Å². The third-order valence-electron chi connectivity index (χ3n) is 3.09. The molecule has 0 saturated heterocycles. The normalized spacial score (nSPS) is 13.0. The molecule has 3 aromatic rings. The highest BCUT2D eigenvalue weighted by molar-refractivity contribution is 7.16. The lowest BCUT2D eigenvalue weighted by Gasteiger charge is -2.14. The molecule has 98 valence electrons. The molecule has 3 rings (SSSR count). The summed E-state index contributed by atoms with van der Waals surface area (Å²) in [6, 6.07) is 8.60. The second kappa shape index (κ2) is 4.51. The summed E-state index contributed by atoms with van der Waals surface area (Å²) in [5.41, 5.74) is 6.91. The van der Waals surface area contributed by atoms with Crippen molar-refractivity contribution in [3.63, 3.8) is 0 Å². The van der Waals surface area contributed by atoms with E-state index in [9.17, 15) is 4.39 Å². The first-order valence-corrected chi connectivity index (χ1v) is 6.94. The molecule has 0 aliphatic heterocycles. The molecule has 2 heterocycles. The first-order chi connectivity index (χ1) is 9.08. The largest absolute Gasteiger partial charge is 0.369 e. The van der Waals surface area contributed by atoms with Crippen molar-refractivity contribution < 1.29 is 4.39 Å². The summed E-state index contributed by atoms with van der Waals surface area (Å²) in [4.78, 5) is 5.16. The Bertz CT molecular complexity index is 750. The molecule has 3 nitrogen and oxygen atoms in total. The van der Waals surface area contributed by atoms with Gasteiger partial charge in [-0.25, -0.2) is 9.37 Å². The number of thiophene rings is 1. The van der Waals surface area contributed by atoms with E-state index < -0.39 is 0 Å². The van der Waals surface area contributed by atoms with E-state index in [-0.39, 0.29) is 11.9 Å². The molecule has 0 bridgehead atoms.